The van der Waals surface area contributed by atoms with E-state index in [1.54, 1.807) is 52.0 Å². The number of alkyl carbamates (subject to hydrolysis) is 1. The second-order valence-corrected chi connectivity index (χ2v) is 9.25. The fraction of sp³-hybridized carbons (Fsp3) is 0.591. The van der Waals surface area contributed by atoms with Crippen LogP contribution in [0.5, 0.6) is 0 Å². The molecule has 2 N–H and O–H groups in total. The van der Waals surface area contributed by atoms with E-state index >= 15 is 0 Å². The molecule has 0 radical (unpaired) electrons. The van der Waals surface area contributed by atoms with Crippen LogP contribution in [-0.2, 0) is 20.7 Å². The molecule has 0 heterocycles. The number of hydrogen-bond acceptors (Lipinski definition) is 4. The average Bonchev–Trinajstić information content (AvgIpc) is 2.57. The Bertz CT molecular complexity index is 745. The molecule has 0 fully saturated rings. The highest BCUT2D eigenvalue weighted by atomic mass is 35.5. The van der Waals surface area contributed by atoms with Gasteiger partial charge in [-0.3, -0.25) is 4.79 Å². The lowest BCUT2D eigenvalue weighted by atomic mass is 10.0. The maximum absolute atomic E-state index is 13.1. The van der Waals surface area contributed by atoms with Gasteiger partial charge in [0.2, 0.25) is 5.91 Å². The van der Waals surface area contributed by atoms with Gasteiger partial charge in [-0.2, -0.15) is 0 Å². The van der Waals surface area contributed by atoms with Crippen molar-refractivity contribution < 1.29 is 24.2 Å². The first-order valence-electron chi connectivity index (χ1n) is 10.0. The molecule has 0 bridgehead atoms. The van der Waals surface area contributed by atoms with Crippen LogP contribution < -0.4 is 5.32 Å². The van der Waals surface area contributed by atoms with E-state index < -0.39 is 29.7 Å². The summed E-state index contributed by atoms with van der Waals surface area (Å²) in [7, 11) is 0. The molecule has 0 saturated heterocycles. The molecule has 1 aromatic carbocycles. The third-order valence-corrected chi connectivity index (χ3v) is 4.58. The van der Waals surface area contributed by atoms with Crippen LogP contribution in [0.25, 0.3) is 0 Å². The average molecular weight is 441 g/mol. The van der Waals surface area contributed by atoms with Gasteiger partial charge in [0, 0.05) is 17.6 Å². The molecule has 0 spiro atoms. The second-order valence-electron chi connectivity index (χ2n) is 8.85. The highest BCUT2D eigenvalue weighted by Gasteiger charge is 2.32. The Kier molecular flexibility index (Phi) is 9.62. The van der Waals surface area contributed by atoms with E-state index in [4.69, 9.17) is 16.3 Å². The van der Waals surface area contributed by atoms with Crippen LogP contribution in [0, 0.1) is 5.92 Å². The number of amides is 2. The molecule has 0 aromatic heterocycles. The molecular formula is C22H33ClN2O5. The standard InChI is InChI=1S/C22H33ClN2O5/c1-14(2)11-18(20(27)28)25(13-15(3)24-21(29)30-22(4,5)6)19(26)12-16-9-7-8-10-17(16)23/h7-10,14-15,18H,11-13H2,1-6H3,(H,24,29)(H,27,28)/t15-,18?/m0/s1. The minimum atomic E-state index is -1.08. The summed E-state index contributed by atoms with van der Waals surface area (Å²) >= 11 is 6.17. The first-order valence-corrected chi connectivity index (χ1v) is 10.4. The van der Waals surface area contributed by atoms with Crippen LogP contribution in [0.4, 0.5) is 4.79 Å². The van der Waals surface area contributed by atoms with Gasteiger partial charge in [-0.15, -0.1) is 0 Å². The summed E-state index contributed by atoms with van der Waals surface area (Å²) in [5, 5.41) is 12.9. The van der Waals surface area contributed by atoms with Crippen molar-refractivity contribution in [3.05, 3.63) is 34.9 Å². The fourth-order valence-electron chi connectivity index (χ4n) is 2.97. The van der Waals surface area contributed by atoms with Gasteiger partial charge in [-0.25, -0.2) is 9.59 Å². The third kappa shape index (κ3) is 9.03. The van der Waals surface area contributed by atoms with Crippen molar-refractivity contribution >= 4 is 29.6 Å². The summed E-state index contributed by atoms with van der Waals surface area (Å²) in [6, 6.07) is 5.43. The fourth-order valence-corrected chi connectivity index (χ4v) is 3.17. The normalized spacial score (nSPS) is 13.5. The Morgan fingerprint density at radius 2 is 1.77 bits per heavy atom. The Balaban J connectivity index is 3.04. The molecule has 0 aliphatic carbocycles. The molecule has 168 valence electrons. The van der Waals surface area contributed by atoms with Gasteiger partial charge in [-0.05, 0) is 51.7 Å². The number of nitrogens with zero attached hydrogens (tertiary/aromatic N) is 1. The van der Waals surface area contributed by atoms with Crippen LogP contribution in [0.15, 0.2) is 24.3 Å². The van der Waals surface area contributed by atoms with E-state index in [2.05, 4.69) is 5.32 Å². The summed E-state index contributed by atoms with van der Waals surface area (Å²) in [4.78, 5) is 38.4. The number of halogens is 1. The van der Waals surface area contributed by atoms with E-state index in [0.29, 0.717) is 17.0 Å². The monoisotopic (exact) mass is 440 g/mol. The molecule has 2 atom stereocenters. The number of rotatable bonds is 9. The van der Waals surface area contributed by atoms with Crippen LogP contribution in [0.1, 0.15) is 53.5 Å². The van der Waals surface area contributed by atoms with Crippen molar-refractivity contribution in [3.8, 4) is 0 Å². The van der Waals surface area contributed by atoms with E-state index in [1.807, 2.05) is 13.8 Å². The Hall–Kier alpha value is -2.28. The van der Waals surface area contributed by atoms with Crippen LogP contribution in [0.2, 0.25) is 5.02 Å². The first-order chi connectivity index (χ1) is 13.8. The van der Waals surface area contributed by atoms with E-state index in [0.717, 1.165) is 0 Å². The van der Waals surface area contributed by atoms with E-state index in [9.17, 15) is 19.5 Å². The molecule has 30 heavy (non-hydrogen) atoms. The Morgan fingerprint density at radius 3 is 2.27 bits per heavy atom. The second kappa shape index (κ2) is 11.2. The molecular weight excluding hydrogens is 408 g/mol. The van der Waals surface area contributed by atoms with Crippen molar-refractivity contribution in [1.29, 1.82) is 0 Å². The lowest BCUT2D eigenvalue weighted by Crippen LogP contribution is -2.52. The Labute approximate surface area is 183 Å². The van der Waals surface area contributed by atoms with Gasteiger partial charge in [-0.1, -0.05) is 43.6 Å². The quantitative estimate of drug-likeness (QED) is 0.602. The van der Waals surface area contributed by atoms with Crippen molar-refractivity contribution in [2.24, 2.45) is 5.92 Å². The largest absolute Gasteiger partial charge is 0.480 e. The van der Waals surface area contributed by atoms with E-state index in [1.165, 1.54) is 4.90 Å². The van der Waals surface area contributed by atoms with Crippen LogP contribution in [0.3, 0.4) is 0 Å². The first kappa shape index (κ1) is 25.8. The van der Waals surface area contributed by atoms with Crippen LogP contribution in [-0.4, -0.2) is 52.2 Å². The van der Waals surface area contributed by atoms with Crippen molar-refractivity contribution in [2.45, 2.75) is 72.1 Å². The molecule has 2 amide bonds. The minimum absolute atomic E-state index is 0.0271. The molecule has 8 heteroatoms. The summed E-state index contributed by atoms with van der Waals surface area (Å²) in [6.45, 7) is 10.8. The highest BCUT2D eigenvalue weighted by molar-refractivity contribution is 6.31. The topological polar surface area (TPSA) is 95.9 Å². The van der Waals surface area contributed by atoms with Gasteiger partial charge in [0.05, 0.1) is 6.42 Å². The number of benzene rings is 1. The van der Waals surface area contributed by atoms with Gasteiger partial charge < -0.3 is 20.1 Å². The smallest absolute Gasteiger partial charge is 0.407 e. The number of nitrogens with one attached hydrogen (secondary N) is 1. The molecule has 0 aliphatic rings. The number of carbonyl (C=O) groups excluding carboxylic acids is 2. The Morgan fingerprint density at radius 1 is 1.17 bits per heavy atom. The summed E-state index contributed by atoms with van der Waals surface area (Å²) in [6.07, 6.45) is -0.354. The van der Waals surface area contributed by atoms with Crippen molar-refractivity contribution in [3.63, 3.8) is 0 Å². The molecule has 1 unspecified atom stereocenters. The number of hydrogen-bond donors (Lipinski definition) is 2. The molecule has 1 aromatic rings. The predicted molar refractivity (Wildman–Crippen MR) is 117 cm³/mol. The van der Waals surface area contributed by atoms with Gasteiger partial charge in [0.1, 0.15) is 11.6 Å². The van der Waals surface area contributed by atoms with Gasteiger partial charge in [0.25, 0.3) is 0 Å². The van der Waals surface area contributed by atoms with E-state index in [-0.39, 0.29) is 24.8 Å². The maximum Gasteiger partial charge on any atom is 0.407 e. The SMILES string of the molecule is CC(C)CC(C(=O)O)N(C[C@H](C)NC(=O)OC(C)(C)C)C(=O)Cc1ccccc1Cl. The maximum atomic E-state index is 13.1. The lowest BCUT2D eigenvalue weighted by molar-refractivity contribution is -0.151. The van der Waals surface area contributed by atoms with Gasteiger partial charge >= 0.3 is 12.1 Å². The number of ether oxygens (including phenoxy) is 1. The zero-order valence-electron chi connectivity index (χ0n) is 18.6. The number of carbonyl (C=O) groups is 3. The highest BCUT2D eigenvalue weighted by Crippen LogP contribution is 2.19. The number of carboxylic acids is 1. The lowest BCUT2D eigenvalue weighted by Gasteiger charge is -2.33. The summed E-state index contributed by atoms with van der Waals surface area (Å²) in [5.41, 5.74) is -0.0412. The van der Waals surface area contributed by atoms with Crippen molar-refractivity contribution in [1.82, 2.24) is 10.2 Å². The zero-order valence-corrected chi connectivity index (χ0v) is 19.3. The molecule has 0 aliphatic heterocycles. The predicted octanol–water partition coefficient (Wildman–Crippen LogP) is 4.12. The number of aliphatic carboxylic acids is 1. The van der Waals surface area contributed by atoms with Crippen LogP contribution >= 0.6 is 11.6 Å². The zero-order chi connectivity index (χ0) is 23.1. The third-order valence-electron chi connectivity index (χ3n) is 4.21. The number of carboxylic acid groups (broad SMARTS) is 1. The minimum Gasteiger partial charge on any atom is -0.480 e. The van der Waals surface area contributed by atoms with Crippen molar-refractivity contribution in [2.75, 3.05) is 6.54 Å². The molecule has 0 saturated carbocycles. The van der Waals surface area contributed by atoms with Gasteiger partial charge in [0.15, 0.2) is 0 Å². The summed E-state index contributed by atoms with van der Waals surface area (Å²) < 4.78 is 5.25. The molecule has 7 nitrogen and oxygen atoms in total. The summed E-state index contributed by atoms with van der Waals surface area (Å²) in [5.74, 6) is -1.38. The molecule has 1 rings (SSSR count).